The van der Waals surface area contributed by atoms with Gasteiger partial charge in [0.05, 0.1) is 23.2 Å². The number of amides is 2. The van der Waals surface area contributed by atoms with Crippen LogP contribution in [0, 0.1) is 12.7 Å². The lowest BCUT2D eigenvalue weighted by Crippen LogP contribution is -2.43. The number of halogens is 2. The zero-order chi connectivity index (χ0) is 22.5. The number of nitrogens with zero attached hydrogens (tertiary/aromatic N) is 1. The summed E-state index contributed by atoms with van der Waals surface area (Å²) in [6.07, 6.45) is -1.19. The minimum Gasteiger partial charge on any atom is -0.454 e. The van der Waals surface area contributed by atoms with Crippen LogP contribution in [-0.4, -0.2) is 53.1 Å². The summed E-state index contributed by atoms with van der Waals surface area (Å²) in [5.41, 5.74) is 1.50. The van der Waals surface area contributed by atoms with E-state index in [1.54, 1.807) is 24.3 Å². The lowest BCUT2D eigenvalue weighted by Gasteiger charge is -2.23. The Balaban J connectivity index is 1.58. The Hall–Kier alpha value is -2.97. The Bertz CT molecular complexity index is 1000. The predicted molar refractivity (Wildman–Crippen MR) is 112 cm³/mol. The highest BCUT2D eigenvalue weighted by atomic mass is 35.5. The Kier molecular flexibility index (Phi) is 7.25. The highest BCUT2D eigenvalue weighted by Crippen LogP contribution is 2.23. The summed E-state index contributed by atoms with van der Waals surface area (Å²) in [6.45, 7) is 1.21. The minimum absolute atomic E-state index is 0.0206. The van der Waals surface area contributed by atoms with Crippen LogP contribution in [0.5, 0.6) is 0 Å². The molecule has 0 bridgehead atoms. The first-order valence-corrected chi connectivity index (χ1v) is 10.1. The molecule has 0 radical (unpaired) electrons. The van der Waals surface area contributed by atoms with Crippen molar-refractivity contribution in [1.82, 2.24) is 4.90 Å². The third-order valence-electron chi connectivity index (χ3n) is 4.92. The van der Waals surface area contributed by atoms with Gasteiger partial charge in [-0.15, -0.1) is 0 Å². The van der Waals surface area contributed by atoms with E-state index in [9.17, 15) is 23.9 Å². The SMILES string of the molecule is Cc1ccc(NC(=O)COC(=O)C2CC(O)CN2C(=O)Cc2ccccc2F)c(Cl)c1. The molecule has 9 heteroatoms. The van der Waals surface area contributed by atoms with E-state index in [0.29, 0.717) is 10.7 Å². The molecule has 1 aliphatic rings. The third kappa shape index (κ3) is 5.80. The maximum absolute atomic E-state index is 13.8. The summed E-state index contributed by atoms with van der Waals surface area (Å²) >= 11 is 6.07. The second-order valence-electron chi connectivity index (χ2n) is 7.36. The fourth-order valence-electron chi connectivity index (χ4n) is 3.36. The van der Waals surface area contributed by atoms with Crippen molar-refractivity contribution < 1.29 is 28.6 Å². The van der Waals surface area contributed by atoms with E-state index < -0.39 is 42.4 Å². The van der Waals surface area contributed by atoms with Crippen molar-refractivity contribution in [2.75, 3.05) is 18.5 Å². The average Bonchev–Trinajstić information content (AvgIpc) is 3.12. The number of benzene rings is 2. The van der Waals surface area contributed by atoms with Gasteiger partial charge in [0.15, 0.2) is 6.61 Å². The van der Waals surface area contributed by atoms with E-state index in [1.807, 2.05) is 6.92 Å². The molecule has 1 aliphatic heterocycles. The number of esters is 1. The summed E-state index contributed by atoms with van der Waals surface area (Å²) in [4.78, 5) is 38.4. The van der Waals surface area contributed by atoms with E-state index in [1.165, 1.54) is 18.2 Å². The molecule has 1 heterocycles. The first-order valence-electron chi connectivity index (χ1n) is 9.68. The van der Waals surface area contributed by atoms with Crippen LogP contribution in [0.4, 0.5) is 10.1 Å². The van der Waals surface area contributed by atoms with Crippen molar-refractivity contribution in [2.45, 2.75) is 31.9 Å². The molecule has 31 heavy (non-hydrogen) atoms. The summed E-state index contributed by atoms with van der Waals surface area (Å²) in [7, 11) is 0. The lowest BCUT2D eigenvalue weighted by molar-refractivity contribution is -0.155. The number of nitrogens with one attached hydrogen (secondary N) is 1. The van der Waals surface area contributed by atoms with Gasteiger partial charge in [0.1, 0.15) is 11.9 Å². The second-order valence-corrected chi connectivity index (χ2v) is 7.77. The molecule has 2 atom stereocenters. The fraction of sp³-hybridized carbons (Fsp3) is 0.318. The molecule has 2 aromatic carbocycles. The summed E-state index contributed by atoms with van der Waals surface area (Å²) < 4.78 is 18.9. The van der Waals surface area contributed by atoms with Gasteiger partial charge in [0, 0.05) is 13.0 Å². The van der Waals surface area contributed by atoms with Crippen molar-refractivity contribution in [3.63, 3.8) is 0 Å². The normalized spacial score (nSPS) is 18.0. The van der Waals surface area contributed by atoms with Crippen LogP contribution in [-0.2, 0) is 25.5 Å². The first-order chi connectivity index (χ1) is 14.7. The quantitative estimate of drug-likeness (QED) is 0.662. The number of carbonyl (C=O) groups is 3. The van der Waals surface area contributed by atoms with Gasteiger partial charge in [0.25, 0.3) is 5.91 Å². The summed E-state index contributed by atoms with van der Waals surface area (Å²) in [6, 6.07) is 9.87. The van der Waals surface area contributed by atoms with Crippen LogP contribution in [0.1, 0.15) is 17.5 Å². The van der Waals surface area contributed by atoms with Gasteiger partial charge in [-0.3, -0.25) is 9.59 Å². The average molecular weight is 449 g/mol. The number of rotatable bonds is 6. The minimum atomic E-state index is -1.05. The van der Waals surface area contributed by atoms with Crippen LogP contribution >= 0.6 is 11.6 Å². The third-order valence-corrected chi connectivity index (χ3v) is 5.23. The molecule has 1 fully saturated rings. The molecule has 0 aliphatic carbocycles. The maximum atomic E-state index is 13.8. The molecule has 2 unspecified atom stereocenters. The van der Waals surface area contributed by atoms with Gasteiger partial charge in [-0.1, -0.05) is 35.9 Å². The molecule has 0 saturated carbocycles. The van der Waals surface area contributed by atoms with Gasteiger partial charge in [-0.2, -0.15) is 0 Å². The number of hydrogen-bond donors (Lipinski definition) is 2. The molecule has 2 N–H and O–H groups in total. The lowest BCUT2D eigenvalue weighted by atomic mass is 10.1. The molecule has 0 spiro atoms. The number of β-amino-alcohol motifs (C(OH)–C–C–N with tert-alkyl or cyclic N) is 1. The molecule has 2 aromatic rings. The van der Waals surface area contributed by atoms with Crippen molar-refractivity contribution in [2.24, 2.45) is 0 Å². The molecular weight excluding hydrogens is 427 g/mol. The van der Waals surface area contributed by atoms with Crippen molar-refractivity contribution in [3.05, 3.63) is 64.4 Å². The molecule has 0 aromatic heterocycles. The molecule has 3 rings (SSSR count). The maximum Gasteiger partial charge on any atom is 0.329 e. The van der Waals surface area contributed by atoms with Gasteiger partial charge < -0.3 is 20.1 Å². The van der Waals surface area contributed by atoms with Crippen LogP contribution in [0.25, 0.3) is 0 Å². The fourth-order valence-corrected chi connectivity index (χ4v) is 3.64. The number of aryl methyl sites for hydroxylation is 1. The van der Waals surface area contributed by atoms with Crippen molar-refractivity contribution in [3.8, 4) is 0 Å². The smallest absolute Gasteiger partial charge is 0.329 e. The Morgan fingerprint density at radius 2 is 2.00 bits per heavy atom. The zero-order valence-corrected chi connectivity index (χ0v) is 17.6. The predicted octanol–water partition coefficient (Wildman–Crippen LogP) is 2.47. The van der Waals surface area contributed by atoms with E-state index in [-0.39, 0.29) is 24.9 Å². The Morgan fingerprint density at radius 1 is 1.26 bits per heavy atom. The highest BCUT2D eigenvalue weighted by molar-refractivity contribution is 6.33. The van der Waals surface area contributed by atoms with E-state index in [4.69, 9.17) is 16.3 Å². The van der Waals surface area contributed by atoms with Crippen LogP contribution in [0.2, 0.25) is 5.02 Å². The number of aliphatic hydroxyl groups excluding tert-OH is 1. The number of ether oxygens (including phenoxy) is 1. The number of likely N-dealkylation sites (tertiary alicyclic amines) is 1. The summed E-state index contributed by atoms with van der Waals surface area (Å²) in [5, 5.41) is 12.8. The number of hydrogen-bond acceptors (Lipinski definition) is 5. The standard InChI is InChI=1S/C22H22ClFN2O5/c1-13-6-7-18(16(23)8-13)25-20(28)12-31-22(30)19-10-15(27)11-26(19)21(29)9-14-4-2-3-5-17(14)24/h2-8,15,19,27H,9-12H2,1H3,(H,25,28). The topological polar surface area (TPSA) is 95.9 Å². The van der Waals surface area contributed by atoms with Gasteiger partial charge in [0.2, 0.25) is 5.91 Å². The molecule has 164 valence electrons. The molecule has 7 nitrogen and oxygen atoms in total. The monoisotopic (exact) mass is 448 g/mol. The Labute approximate surface area is 183 Å². The second kappa shape index (κ2) is 9.89. The highest BCUT2D eigenvalue weighted by Gasteiger charge is 2.40. The summed E-state index contributed by atoms with van der Waals surface area (Å²) in [5.74, 6) is -2.45. The first kappa shape index (κ1) is 22.7. The van der Waals surface area contributed by atoms with Crippen molar-refractivity contribution >= 4 is 35.1 Å². The number of anilines is 1. The van der Waals surface area contributed by atoms with Gasteiger partial charge >= 0.3 is 5.97 Å². The van der Waals surface area contributed by atoms with Gasteiger partial charge in [-0.05, 0) is 36.2 Å². The molecular formula is C22H22ClFN2O5. The number of aliphatic hydroxyl groups is 1. The zero-order valence-electron chi connectivity index (χ0n) is 16.8. The van der Waals surface area contributed by atoms with Crippen LogP contribution in [0.15, 0.2) is 42.5 Å². The molecule has 1 saturated heterocycles. The van der Waals surface area contributed by atoms with Gasteiger partial charge in [-0.25, -0.2) is 9.18 Å². The van der Waals surface area contributed by atoms with Crippen LogP contribution < -0.4 is 5.32 Å². The van der Waals surface area contributed by atoms with E-state index in [0.717, 1.165) is 10.5 Å². The van der Waals surface area contributed by atoms with E-state index >= 15 is 0 Å². The molecule has 2 amide bonds. The largest absolute Gasteiger partial charge is 0.454 e. The Morgan fingerprint density at radius 3 is 2.71 bits per heavy atom. The number of carbonyl (C=O) groups excluding carboxylic acids is 3. The van der Waals surface area contributed by atoms with E-state index in [2.05, 4.69) is 5.32 Å². The van der Waals surface area contributed by atoms with Crippen LogP contribution in [0.3, 0.4) is 0 Å². The van der Waals surface area contributed by atoms with Crippen molar-refractivity contribution in [1.29, 1.82) is 0 Å².